The second-order valence-corrected chi connectivity index (χ2v) is 13.7. The standard InChI is InChI=1S/C28H42F2N4O6/c1-26(2,3)40-25(39)33-19(15-8-10-28(29,30)11-9-15)24(38)34-13-16-18(27(16,4)5)20(34)23(37)32-17(12-14-6-7-14)21(35)22(31)36/h14-20H,6-13H2,1-5H3,(H2,31,36)(H,32,37)(H,33,39)/t16?,17?,18?,19-,20-/m0/s1. The average Bonchev–Trinajstić information content (AvgIpc) is 3.67. The van der Waals surface area contributed by atoms with E-state index < -0.39 is 78.0 Å². The molecular formula is C28H42F2N4O6. The third kappa shape index (κ3) is 6.57. The lowest BCUT2D eigenvalue weighted by Crippen LogP contribution is -2.60. The molecule has 40 heavy (non-hydrogen) atoms. The summed E-state index contributed by atoms with van der Waals surface area (Å²) in [5.41, 5.74) is 4.16. The van der Waals surface area contributed by atoms with Crippen LogP contribution in [0.2, 0.25) is 0 Å². The van der Waals surface area contributed by atoms with Crippen molar-refractivity contribution in [1.82, 2.24) is 15.5 Å². The Labute approximate surface area is 233 Å². The third-order valence-electron chi connectivity index (χ3n) is 9.07. The minimum atomic E-state index is -2.83. The summed E-state index contributed by atoms with van der Waals surface area (Å²) in [4.78, 5) is 66.1. The Kier molecular flexibility index (Phi) is 7.96. The van der Waals surface area contributed by atoms with Gasteiger partial charge in [-0.25, -0.2) is 13.6 Å². The third-order valence-corrected chi connectivity index (χ3v) is 9.07. The molecule has 1 saturated heterocycles. The lowest BCUT2D eigenvalue weighted by Gasteiger charge is -2.38. The molecule has 3 saturated carbocycles. The van der Waals surface area contributed by atoms with Gasteiger partial charge in [0, 0.05) is 19.4 Å². The topological polar surface area (TPSA) is 148 Å². The average molecular weight is 569 g/mol. The summed E-state index contributed by atoms with van der Waals surface area (Å²) in [6.45, 7) is 9.27. The molecule has 4 amide bonds. The highest BCUT2D eigenvalue weighted by Gasteiger charge is 2.70. The number of primary amides is 1. The van der Waals surface area contributed by atoms with Gasteiger partial charge in [0.2, 0.25) is 23.5 Å². The molecule has 5 atom stereocenters. The zero-order valence-electron chi connectivity index (χ0n) is 23.9. The molecule has 12 heteroatoms. The minimum Gasteiger partial charge on any atom is -0.444 e. The quantitative estimate of drug-likeness (QED) is 0.364. The molecular weight excluding hydrogens is 526 g/mol. The van der Waals surface area contributed by atoms with Crippen molar-refractivity contribution >= 4 is 29.6 Å². The van der Waals surface area contributed by atoms with Gasteiger partial charge < -0.3 is 26.0 Å². The Morgan fingerprint density at radius 1 is 1.02 bits per heavy atom. The van der Waals surface area contributed by atoms with Gasteiger partial charge in [0.05, 0.1) is 6.04 Å². The van der Waals surface area contributed by atoms with Gasteiger partial charge in [-0.2, -0.15) is 0 Å². The Balaban J connectivity index is 1.57. The number of piperidine rings is 1. The maximum Gasteiger partial charge on any atom is 0.408 e. The number of amides is 4. The number of hydrogen-bond acceptors (Lipinski definition) is 6. The summed E-state index contributed by atoms with van der Waals surface area (Å²) < 4.78 is 33.3. The Morgan fingerprint density at radius 3 is 2.15 bits per heavy atom. The van der Waals surface area contributed by atoms with E-state index in [9.17, 15) is 32.8 Å². The predicted molar refractivity (Wildman–Crippen MR) is 140 cm³/mol. The molecule has 4 aliphatic rings. The van der Waals surface area contributed by atoms with Gasteiger partial charge in [-0.15, -0.1) is 0 Å². The fraction of sp³-hybridized carbons (Fsp3) is 0.821. The van der Waals surface area contributed by atoms with Crippen LogP contribution in [0.5, 0.6) is 0 Å². The van der Waals surface area contributed by atoms with E-state index in [4.69, 9.17) is 10.5 Å². The number of ether oxygens (including phenoxy) is 1. The molecule has 3 aliphatic carbocycles. The number of carbonyl (C=O) groups excluding carboxylic acids is 5. The molecule has 1 aliphatic heterocycles. The first-order chi connectivity index (χ1) is 18.4. The van der Waals surface area contributed by atoms with Crippen molar-refractivity contribution in [3.05, 3.63) is 0 Å². The maximum absolute atomic E-state index is 14.1. The van der Waals surface area contributed by atoms with Crippen molar-refractivity contribution in [2.45, 2.75) is 109 Å². The fourth-order valence-electron chi connectivity index (χ4n) is 6.55. The van der Waals surface area contributed by atoms with Crippen LogP contribution in [-0.4, -0.2) is 70.7 Å². The maximum atomic E-state index is 14.1. The van der Waals surface area contributed by atoms with Crippen LogP contribution in [0.1, 0.15) is 79.6 Å². The van der Waals surface area contributed by atoms with Gasteiger partial charge >= 0.3 is 6.09 Å². The van der Waals surface area contributed by atoms with Crippen LogP contribution in [-0.2, 0) is 23.9 Å². The number of carbonyl (C=O) groups is 5. The summed E-state index contributed by atoms with van der Waals surface area (Å²) in [7, 11) is 0. The molecule has 10 nitrogen and oxygen atoms in total. The van der Waals surface area contributed by atoms with E-state index in [1.54, 1.807) is 20.8 Å². The van der Waals surface area contributed by atoms with Gasteiger partial charge in [0.15, 0.2) is 0 Å². The number of alkyl carbamates (subject to hydrolysis) is 1. The number of halogens is 2. The summed E-state index contributed by atoms with van der Waals surface area (Å²) >= 11 is 0. The van der Waals surface area contributed by atoms with Gasteiger partial charge in [-0.05, 0) is 69.1 Å². The van der Waals surface area contributed by atoms with Crippen molar-refractivity contribution in [2.75, 3.05) is 6.54 Å². The first kappa shape index (κ1) is 30.2. The van der Waals surface area contributed by atoms with Crippen LogP contribution >= 0.6 is 0 Å². The molecule has 1 heterocycles. The monoisotopic (exact) mass is 568 g/mol. The summed E-state index contributed by atoms with van der Waals surface area (Å²) in [5.74, 6) is -6.47. The second kappa shape index (κ2) is 10.6. The van der Waals surface area contributed by atoms with Crippen LogP contribution in [0, 0.1) is 29.1 Å². The number of alkyl halides is 2. The van der Waals surface area contributed by atoms with Crippen molar-refractivity contribution in [2.24, 2.45) is 34.8 Å². The van der Waals surface area contributed by atoms with E-state index in [0.717, 1.165) is 12.8 Å². The number of Topliss-reactive ketones (excluding diaryl/α,β-unsaturated/α-hetero) is 1. The highest BCUT2D eigenvalue weighted by atomic mass is 19.3. The number of nitrogens with two attached hydrogens (primary N) is 1. The number of likely N-dealkylation sites (tertiary alicyclic amines) is 1. The lowest BCUT2D eigenvalue weighted by atomic mass is 9.81. The normalized spacial score (nSPS) is 28.6. The number of nitrogens with one attached hydrogen (secondary N) is 2. The van der Waals surface area contributed by atoms with Gasteiger partial charge in [0.1, 0.15) is 17.7 Å². The number of rotatable bonds is 9. The second-order valence-electron chi connectivity index (χ2n) is 13.7. The lowest BCUT2D eigenvalue weighted by molar-refractivity contribution is -0.145. The first-order valence-corrected chi connectivity index (χ1v) is 14.2. The fourth-order valence-corrected chi connectivity index (χ4v) is 6.55. The van der Waals surface area contributed by atoms with E-state index in [-0.39, 0.29) is 42.6 Å². The van der Waals surface area contributed by atoms with E-state index >= 15 is 0 Å². The zero-order valence-corrected chi connectivity index (χ0v) is 23.9. The molecule has 0 bridgehead atoms. The van der Waals surface area contributed by atoms with E-state index in [0.29, 0.717) is 6.42 Å². The largest absolute Gasteiger partial charge is 0.444 e. The van der Waals surface area contributed by atoms with Crippen LogP contribution in [0.3, 0.4) is 0 Å². The smallest absolute Gasteiger partial charge is 0.408 e. The molecule has 4 fully saturated rings. The molecule has 3 unspecified atom stereocenters. The minimum absolute atomic E-state index is 0.0128. The van der Waals surface area contributed by atoms with Crippen LogP contribution < -0.4 is 16.4 Å². The molecule has 0 radical (unpaired) electrons. The highest BCUT2D eigenvalue weighted by Crippen LogP contribution is 2.65. The van der Waals surface area contributed by atoms with Gasteiger partial charge in [0.25, 0.3) is 5.91 Å². The van der Waals surface area contributed by atoms with Gasteiger partial charge in [-0.1, -0.05) is 26.7 Å². The number of hydrogen-bond donors (Lipinski definition) is 3. The first-order valence-electron chi connectivity index (χ1n) is 14.2. The molecule has 224 valence electrons. The Bertz CT molecular complexity index is 1060. The SMILES string of the molecule is CC(C)(C)OC(=O)N[C@H](C(=O)N1CC2C([C@H]1C(=O)NC(CC1CC1)C(=O)C(N)=O)C2(C)C)C1CCC(F)(F)CC1. The Morgan fingerprint density at radius 2 is 1.62 bits per heavy atom. The van der Waals surface area contributed by atoms with E-state index in [2.05, 4.69) is 10.6 Å². The molecule has 0 aromatic rings. The Hall–Kier alpha value is -2.79. The molecule has 4 N–H and O–H groups in total. The predicted octanol–water partition coefficient (Wildman–Crippen LogP) is 2.53. The number of fused-ring (bicyclic) bond motifs is 1. The molecule has 0 aromatic carbocycles. The molecule has 0 spiro atoms. The molecule has 0 aromatic heterocycles. The number of ketones is 1. The van der Waals surface area contributed by atoms with Crippen molar-refractivity contribution < 1.29 is 37.5 Å². The highest BCUT2D eigenvalue weighted by molar-refractivity contribution is 6.37. The van der Waals surface area contributed by atoms with E-state index in [1.165, 1.54) is 4.90 Å². The summed E-state index contributed by atoms with van der Waals surface area (Å²) in [6, 6.07) is -3.18. The van der Waals surface area contributed by atoms with Crippen LogP contribution in [0.15, 0.2) is 0 Å². The van der Waals surface area contributed by atoms with Gasteiger partial charge in [-0.3, -0.25) is 19.2 Å². The summed E-state index contributed by atoms with van der Waals surface area (Å²) in [6.07, 6.45) is 0.480. The zero-order chi connectivity index (χ0) is 29.8. The van der Waals surface area contributed by atoms with Crippen LogP contribution in [0.4, 0.5) is 13.6 Å². The van der Waals surface area contributed by atoms with Crippen molar-refractivity contribution in [3.63, 3.8) is 0 Å². The van der Waals surface area contributed by atoms with Crippen LogP contribution in [0.25, 0.3) is 0 Å². The molecule has 4 rings (SSSR count). The summed E-state index contributed by atoms with van der Waals surface area (Å²) in [5, 5.41) is 5.32. The number of nitrogens with zero attached hydrogens (tertiary/aromatic N) is 1. The van der Waals surface area contributed by atoms with E-state index in [1.807, 2.05) is 13.8 Å². The van der Waals surface area contributed by atoms with Crippen molar-refractivity contribution in [3.8, 4) is 0 Å². The van der Waals surface area contributed by atoms with Crippen molar-refractivity contribution in [1.29, 1.82) is 0 Å².